The van der Waals surface area contributed by atoms with Gasteiger partial charge in [0.2, 0.25) is 5.76 Å². The van der Waals surface area contributed by atoms with Gasteiger partial charge in [-0.3, -0.25) is 0 Å². The summed E-state index contributed by atoms with van der Waals surface area (Å²) in [5.74, 6) is 0.245. The SMILES string of the molecule is Cc1nc(-c2ccc3c(c2)OCCCO3)c(C(=O)O)o1. The van der Waals surface area contributed by atoms with Crippen molar-refractivity contribution in [1.29, 1.82) is 0 Å². The van der Waals surface area contributed by atoms with Gasteiger partial charge < -0.3 is 19.0 Å². The lowest BCUT2D eigenvalue weighted by molar-refractivity contribution is 0.0662. The Bertz CT molecular complexity index is 662. The second-order valence-electron chi connectivity index (χ2n) is 4.43. The van der Waals surface area contributed by atoms with Crippen molar-refractivity contribution >= 4 is 5.97 Å². The van der Waals surface area contributed by atoms with E-state index in [4.69, 9.17) is 19.0 Å². The second kappa shape index (κ2) is 4.88. The number of oxazole rings is 1. The van der Waals surface area contributed by atoms with E-state index in [1.807, 2.05) is 0 Å². The van der Waals surface area contributed by atoms with Crippen molar-refractivity contribution in [2.24, 2.45) is 0 Å². The predicted octanol–water partition coefficient (Wildman–Crippen LogP) is 2.51. The van der Waals surface area contributed by atoms with Crippen LogP contribution in [0.3, 0.4) is 0 Å². The molecule has 0 saturated carbocycles. The number of ether oxygens (including phenoxy) is 2. The summed E-state index contributed by atoms with van der Waals surface area (Å²) >= 11 is 0. The summed E-state index contributed by atoms with van der Waals surface area (Å²) in [5, 5.41) is 9.13. The number of benzene rings is 1. The largest absolute Gasteiger partial charge is 0.490 e. The molecule has 3 rings (SSSR count). The first-order valence-corrected chi connectivity index (χ1v) is 6.26. The molecule has 1 aliphatic rings. The zero-order valence-electron chi connectivity index (χ0n) is 10.9. The Balaban J connectivity index is 2.07. The molecule has 0 amide bonds. The lowest BCUT2D eigenvalue weighted by atomic mass is 10.1. The highest BCUT2D eigenvalue weighted by Crippen LogP contribution is 2.35. The van der Waals surface area contributed by atoms with Gasteiger partial charge in [-0.05, 0) is 18.2 Å². The molecule has 0 fully saturated rings. The lowest BCUT2D eigenvalue weighted by Gasteiger charge is -2.08. The smallest absolute Gasteiger partial charge is 0.374 e. The minimum absolute atomic E-state index is 0.169. The Morgan fingerprint density at radius 2 is 2.00 bits per heavy atom. The number of aromatic carboxylic acids is 1. The molecule has 1 aromatic carbocycles. The molecule has 0 spiro atoms. The van der Waals surface area contributed by atoms with Gasteiger partial charge in [-0.15, -0.1) is 0 Å². The number of rotatable bonds is 2. The average Bonchev–Trinajstić information content (AvgIpc) is 2.68. The molecule has 20 heavy (non-hydrogen) atoms. The van der Waals surface area contributed by atoms with E-state index in [9.17, 15) is 4.79 Å². The molecule has 1 aromatic heterocycles. The number of hydrogen-bond acceptors (Lipinski definition) is 5. The lowest BCUT2D eigenvalue weighted by Crippen LogP contribution is -1.98. The molecular weight excluding hydrogens is 262 g/mol. The van der Waals surface area contributed by atoms with Crippen molar-refractivity contribution in [2.75, 3.05) is 13.2 Å². The van der Waals surface area contributed by atoms with Crippen molar-refractivity contribution < 1.29 is 23.8 Å². The molecule has 0 radical (unpaired) electrons. The Kier molecular flexibility index (Phi) is 3.06. The van der Waals surface area contributed by atoms with Gasteiger partial charge in [0.15, 0.2) is 17.4 Å². The topological polar surface area (TPSA) is 81.8 Å². The van der Waals surface area contributed by atoms with Crippen LogP contribution in [-0.4, -0.2) is 29.3 Å². The first-order chi connectivity index (χ1) is 9.65. The fraction of sp³-hybridized carbons (Fsp3) is 0.286. The number of hydrogen-bond donors (Lipinski definition) is 1. The summed E-state index contributed by atoms with van der Waals surface area (Å²) in [7, 11) is 0. The van der Waals surface area contributed by atoms with Crippen LogP contribution in [0, 0.1) is 6.92 Å². The summed E-state index contributed by atoms with van der Waals surface area (Å²) in [6.45, 7) is 2.79. The van der Waals surface area contributed by atoms with E-state index in [0.717, 1.165) is 6.42 Å². The molecular formula is C14H13NO5. The van der Waals surface area contributed by atoms with Gasteiger partial charge >= 0.3 is 5.97 Å². The van der Waals surface area contributed by atoms with Gasteiger partial charge in [-0.1, -0.05) is 0 Å². The molecule has 2 aromatic rings. The summed E-state index contributed by atoms with van der Waals surface area (Å²) < 4.78 is 16.2. The summed E-state index contributed by atoms with van der Waals surface area (Å²) in [4.78, 5) is 15.3. The normalized spacial score (nSPS) is 13.8. The fourth-order valence-corrected chi connectivity index (χ4v) is 2.08. The van der Waals surface area contributed by atoms with E-state index in [0.29, 0.717) is 41.9 Å². The highest BCUT2D eigenvalue weighted by Gasteiger charge is 2.21. The van der Waals surface area contributed by atoms with Crippen LogP contribution >= 0.6 is 0 Å². The summed E-state index contributed by atoms with van der Waals surface area (Å²) in [6.07, 6.45) is 0.813. The van der Waals surface area contributed by atoms with Crippen LogP contribution in [0.4, 0.5) is 0 Å². The third-order valence-electron chi connectivity index (χ3n) is 2.95. The zero-order chi connectivity index (χ0) is 14.1. The van der Waals surface area contributed by atoms with Crippen LogP contribution in [-0.2, 0) is 0 Å². The van der Waals surface area contributed by atoms with Crippen LogP contribution in [0.25, 0.3) is 11.3 Å². The van der Waals surface area contributed by atoms with Gasteiger partial charge in [0.25, 0.3) is 0 Å². The van der Waals surface area contributed by atoms with Crippen LogP contribution in [0.15, 0.2) is 22.6 Å². The van der Waals surface area contributed by atoms with Gasteiger partial charge in [-0.25, -0.2) is 9.78 Å². The maximum atomic E-state index is 11.2. The van der Waals surface area contributed by atoms with Crippen molar-refractivity contribution in [2.45, 2.75) is 13.3 Å². The molecule has 0 aliphatic carbocycles. The van der Waals surface area contributed by atoms with Crippen molar-refractivity contribution in [1.82, 2.24) is 4.98 Å². The summed E-state index contributed by atoms with van der Waals surface area (Å²) in [5.41, 5.74) is 0.925. The minimum Gasteiger partial charge on any atom is -0.490 e. The first kappa shape index (κ1) is 12.5. The molecule has 6 heteroatoms. The number of aromatic nitrogens is 1. The molecule has 0 atom stereocenters. The van der Waals surface area contributed by atoms with Gasteiger partial charge in [0, 0.05) is 18.9 Å². The molecule has 104 valence electrons. The number of fused-ring (bicyclic) bond motifs is 1. The van der Waals surface area contributed by atoms with Crippen LogP contribution in [0.1, 0.15) is 22.9 Å². The van der Waals surface area contributed by atoms with E-state index in [-0.39, 0.29) is 5.76 Å². The van der Waals surface area contributed by atoms with Crippen molar-refractivity contribution in [3.05, 3.63) is 29.9 Å². The van der Waals surface area contributed by atoms with Gasteiger partial charge in [-0.2, -0.15) is 0 Å². The molecule has 6 nitrogen and oxygen atoms in total. The van der Waals surface area contributed by atoms with E-state index in [1.54, 1.807) is 25.1 Å². The minimum atomic E-state index is -1.15. The average molecular weight is 275 g/mol. The first-order valence-electron chi connectivity index (χ1n) is 6.26. The van der Waals surface area contributed by atoms with Crippen LogP contribution in [0.5, 0.6) is 11.5 Å². The molecule has 0 unspecified atom stereocenters. The number of carboxylic acid groups (broad SMARTS) is 1. The van der Waals surface area contributed by atoms with E-state index in [2.05, 4.69) is 4.98 Å². The Morgan fingerprint density at radius 3 is 2.75 bits per heavy atom. The zero-order valence-corrected chi connectivity index (χ0v) is 10.9. The number of carboxylic acids is 1. The highest BCUT2D eigenvalue weighted by atomic mass is 16.5. The standard InChI is InChI=1S/C14H13NO5/c1-8-15-12(13(20-8)14(16)17)9-3-4-10-11(7-9)19-6-2-5-18-10/h3-4,7H,2,5-6H2,1H3,(H,16,17). The van der Waals surface area contributed by atoms with E-state index >= 15 is 0 Å². The Hall–Kier alpha value is -2.50. The van der Waals surface area contributed by atoms with Gasteiger partial charge in [0.1, 0.15) is 5.69 Å². The Labute approximate surface area is 115 Å². The third kappa shape index (κ3) is 2.20. The maximum Gasteiger partial charge on any atom is 0.374 e. The monoisotopic (exact) mass is 275 g/mol. The number of aryl methyl sites for hydroxylation is 1. The molecule has 0 bridgehead atoms. The quantitative estimate of drug-likeness (QED) is 0.906. The molecule has 1 N–H and O–H groups in total. The molecule has 2 heterocycles. The van der Waals surface area contributed by atoms with E-state index < -0.39 is 5.97 Å². The van der Waals surface area contributed by atoms with E-state index in [1.165, 1.54) is 0 Å². The molecule has 0 saturated heterocycles. The van der Waals surface area contributed by atoms with Crippen LogP contribution in [0.2, 0.25) is 0 Å². The third-order valence-corrected chi connectivity index (χ3v) is 2.95. The van der Waals surface area contributed by atoms with Crippen molar-refractivity contribution in [3.63, 3.8) is 0 Å². The highest BCUT2D eigenvalue weighted by molar-refractivity contribution is 5.92. The van der Waals surface area contributed by atoms with Crippen LogP contribution < -0.4 is 9.47 Å². The number of nitrogens with zero attached hydrogens (tertiary/aromatic N) is 1. The second-order valence-corrected chi connectivity index (χ2v) is 4.43. The Morgan fingerprint density at radius 1 is 1.25 bits per heavy atom. The summed E-state index contributed by atoms with van der Waals surface area (Å²) in [6, 6.07) is 5.23. The number of carbonyl (C=O) groups is 1. The fourth-order valence-electron chi connectivity index (χ4n) is 2.08. The predicted molar refractivity (Wildman–Crippen MR) is 69.2 cm³/mol. The maximum absolute atomic E-state index is 11.2. The van der Waals surface area contributed by atoms with Crippen molar-refractivity contribution in [3.8, 4) is 22.8 Å². The molecule has 1 aliphatic heterocycles. The van der Waals surface area contributed by atoms with Gasteiger partial charge in [0.05, 0.1) is 13.2 Å².